The quantitative estimate of drug-likeness (QED) is 0.444. The number of rotatable bonds is 3. The first kappa shape index (κ1) is 18.2. The summed E-state index contributed by atoms with van der Waals surface area (Å²) in [4.78, 5) is 11.4. The average molecular weight is 393 g/mol. The average Bonchev–Trinajstić information content (AvgIpc) is 2.78. The zero-order valence-electron chi connectivity index (χ0n) is 16.1. The van der Waals surface area contributed by atoms with Crippen LogP contribution < -0.4 is 0 Å². The van der Waals surface area contributed by atoms with Crippen LogP contribution in [-0.2, 0) is 6.54 Å². The van der Waals surface area contributed by atoms with Gasteiger partial charge in [0.05, 0.1) is 12.1 Å². The number of aldehydes is 1. The van der Waals surface area contributed by atoms with E-state index in [1.54, 1.807) is 18.3 Å². The molecule has 4 heteroatoms. The highest BCUT2D eigenvalue weighted by molar-refractivity contribution is 6.06. The van der Waals surface area contributed by atoms with Crippen LogP contribution in [0.4, 0.5) is 0 Å². The maximum absolute atomic E-state index is 11.4. The Kier molecular flexibility index (Phi) is 4.34. The van der Waals surface area contributed by atoms with Gasteiger partial charge in [0.2, 0.25) is 0 Å². The van der Waals surface area contributed by atoms with Gasteiger partial charge >= 0.3 is 0 Å². The van der Waals surface area contributed by atoms with E-state index in [-0.39, 0.29) is 11.3 Å². The van der Waals surface area contributed by atoms with Crippen molar-refractivity contribution in [3.63, 3.8) is 0 Å². The van der Waals surface area contributed by atoms with Crippen molar-refractivity contribution in [3.8, 4) is 16.9 Å². The number of hydroxylamine groups is 2. The lowest BCUT2D eigenvalue weighted by Crippen LogP contribution is -2.18. The van der Waals surface area contributed by atoms with E-state index in [0.29, 0.717) is 12.8 Å². The third kappa shape index (κ3) is 2.95. The monoisotopic (exact) mass is 393 g/mol. The van der Waals surface area contributed by atoms with Crippen LogP contribution in [0.15, 0.2) is 85.1 Å². The highest BCUT2D eigenvalue weighted by Crippen LogP contribution is 2.39. The summed E-state index contributed by atoms with van der Waals surface area (Å²) in [7, 11) is 0. The minimum atomic E-state index is -0.0333. The standard InChI is InChI=1S/C26H19NO3/c28-16-20-13-18(11-12-25(20)29)22-9-3-6-17-7-4-10-23(26(17)22)24-15-27(30)14-19-5-1-2-8-21(19)24/h1-13,15-16,29-30H,14H2. The Morgan fingerprint density at radius 2 is 1.57 bits per heavy atom. The van der Waals surface area contributed by atoms with Crippen LogP contribution in [-0.4, -0.2) is 21.7 Å². The molecule has 2 N–H and O–H groups in total. The molecule has 0 radical (unpaired) electrons. The van der Waals surface area contributed by atoms with Gasteiger partial charge < -0.3 is 5.11 Å². The third-order valence-corrected chi connectivity index (χ3v) is 5.58. The van der Waals surface area contributed by atoms with Crippen molar-refractivity contribution in [1.29, 1.82) is 0 Å². The fourth-order valence-corrected chi connectivity index (χ4v) is 4.20. The van der Waals surface area contributed by atoms with Gasteiger partial charge in [0.1, 0.15) is 5.75 Å². The Hall–Kier alpha value is -3.89. The van der Waals surface area contributed by atoms with E-state index in [2.05, 4.69) is 24.3 Å². The molecule has 0 aromatic heterocycles. The molecule has 0 unspecified atom stereocenters. The van der Waals surface area contributed by atoms with Gasteiger partial charge in [-0.05, 0) is 50.7 Å². The normalized spacial score (nSPS) is 13.1. The number of carbonyl (C=O) groups is 1. The number of benzene rings is 4. The van der Waals surface area contributed by atoms with Crippen LogP contribution in [0, 0.1) is 0 Å². The molecular formula is C26H19NO3. The molecular weight excluding hydrogens is 374 g/mol. The number of carbonyl (C=O) groups excluding carboxylic acids is 1. The topological polar surface area (TPSA) is 60.8 Å². The van der Waals surface area contributed by atoms with Crippen molar-refractivity contribution in [3.05, 3.63) is 107 Å². The van der Waals surface area contributed by atoms with E-state index >= 15 is 0 Å². The molecule has 0 saturated heterocycles. The first-order valence-corrected chi connectivity index (χ1v) is 9.72. The fraction of sp³-hybridized carbons (Fsp3) is 0.0385. The lowest BCUT2D eigenvalue weighted by atomic mass is 9.86. The molecule has 30 heavy (non-hydrogen) atoms. The van der Waals surface area contributed by atoms with E-state index < -0.39 is 0 Å². The second kappa shape index (κ2) is 7.17. The van der Waals surface area contributed by atoms with Crippen molar-refractivity contribution < 1.29 is 15.1 Å². The van der Waals surface area contributed by atoms with Gasteiger partial charge in [-0.1, -0.05) is 66.7 Å². The summed E-state index contributed by atoms with van der Waals surface area (Å²) >= 11 is 0. The maximum Gasteiger partial charge on any atom is 0.153 e. The Labute approximate surface area is 173 Å². The smallest absolute Gasteiger partial charge is 0.153 e. The predicted molar refractivity (Wildman–Crippen MR) is 117 cm³/mol. The minimum absolute atomic E-state index is 0.0333. The van der Waals surface area contributed by atoms with Crippen LogP contribution in [0.5, 0.6) is 5.75 Å². The fourth-order valence-electron chi connectivity index (χ4n) is 4.20. The number of hydrogen-bond donors (Lipinski definition) is 2. The van der Waals surface area contributed by atoms with Crippen LogP contribution >= 0.6 is 0 Å². The predicted octanol–water partition coefficient (Wildman–Crippen LogP) is 5.62. The second-order valence-corrected chi connectivity index (χ2v) is 7.40. The molecule has 0 spiro atoms. The summed E-state index contributed by atoms with van der Waals surface area (Å²) in [5.41, 5.74) is 6.13. The van der Waals surface area contributed by atoms with Crippen molar-refractivity contribution >= 4 is 22.6 Å². The molecule has 1 aliphatic rings. The van der Waals surface area contributed by atoms with E-state index in [9.17, 15) is 15.1 Å². The number of hydrogen-bond acceptors (Lipinski definition) is 4. The highest BCUT2D eigenvalue weighted by atomic mass is 16.5. The van der Waals surface area contributed by atoms with Crippen LogP contribution in [0.1, 0.15) is 27.0 Å². The molecule has 5 rings (SSSR count). The molecule has 0 atom stereocenters. The zero-order chi connectivity index (χ0) is 20.7. The molecule has 0 aliphatic carbocycles. The van der Waals surface area contributed by atoms with Gasteiger partial charge in [-0.2, -0.15) is 0 Å². The van der Waals surface area contributed by atoms with Crippen LogP contribution in [0.3, 0.4) is 0 Å². The van der Waals surface area contributed by atoms with Crippen LogP contribution in [0.2, 0.25) is 0 Å². The second-order valence-electron chi connectivity index (χ2n) is 7.40. The lowest BCUT2D eigenvalue weighted by Gasteiger charge is -2.25. The Morgan fingerprint density at radius 3 is 2.37 bits per heavy atom. The van der Waals surface area contributed by atoms with E-state index in [1.165, 1.54) is 5.06 Å². The molecule has 4 nitrogen and oxygen atoms in total. The zero-order valence-corrected chi connectivity index (χ0v) is 16.1. The number of nitrogens with zero attached hydrogens (tertiary/aromatic N) is 1. The first-order chi connectivity index (χ1) is 14.7. The van der Waals surface area contributed by atoms with Gasteiger partial charge in [0.25, 0.3) is 0 Å². The molecule has 1 heterocycles. The van der Waals surface area contributed by atoms with Crippen molar-refractivity contribution in [2.75, 3.05) is 0 Å². The summed E-state index contributed by atoms with van der Waals surface area (Å²) < 4.78 is 0. The summed E-state index contributed by atoms with van der Waals surface area (Å²) in [6.45, 7) is 0.442. The SMILES string of the molecule is O=Cc1cc(-c2cccc3cccc(C4=CN(O)Cc5ccccc54)c23)ccc1O. The molecule has 0 amide bonds. The maximum atomic E-state index is 11.4. The molecule has 0 fully saturated rings. The van der Waals surface area contributed by atoms with Gasteiger partial charge in [0, 0.05) is 11.8 Å². The summed E-state index contributed by atoms with van der Waals surface area (Å²) in [5.74, 6) is -0.0333. The van der Waals surface area contributed by atoms with Gasteiger partial charge in [-0.25, -0.2) is 0 Å². The van der Waals surface area contributed by atoms with Crippen LogP contribution in [0.25, 0.3) is 27.5 Å². The summed E-state index contributed by atoms with van der Waals surface area (Å²) in [6, 6.07) is 25.3. The van der Waals surface area contributed by atoms with Gasteiger partial charge in [0.15, 0.2) is 6.29 Å². The minimum Gasteiger partial charge on any atom is -0.507 e. The van der Waals surface area contributed by atoms with E-state index in [0.717, 1.165) is 44.2 Å². The van der Waals surface area contributed by atoms with E-state index in [1.807, 2.05) is 42.5 Å². The van der Waals surface area contributed by atoms with Crippen molar-refractivity contribution in [2.45, 2.75) is 6.54 Å². The number of aromatic hydroxyl groups is 1. The number of fused-ring (bicyclic) bond motifs is 2. The molecule has 4 aromatic carbocycles. The largest absolute Gasteiger partial charge is 0.507 e. The van der Waals surface area contributed by atoms with E-state index in [4.69, 9.17) is 0 Å². The summed E-state index contributed by atoms with van der Waals surface area (Å²) in [5, 5.41) is 23.5. The Balaban J connectivity index is 1.81. The Bertz CT molecular complexity index is 1320. The molecule has 4 aromatic rings. The molecule has 0 bridgehead atoms. The third-order valence-electron chi connectivity index (χ3n) is 5.58. The van der Waals surface area contributed by atoms with Gasteiger partial charge in [-0.3, -0.25) is 15.1 Å². The highest BCUT2D eigenvalue weighted by Gasteiger charge is 2.20. The number of phenolic OH excluding ortho intramolecular Hbond substituents is 1. The molecule has 0 saturated carbocycles. The van der Waals surface area contributed by atoms with Crippen molar-refractivity contribution in [2.24, 2.45) is 0 Å². The molecule has 1 aliphatic heterocycles. The lowest BCUT2D eigenvalue weighted by molar-refractivity contribution is -0.0499. The summed E-state index contributed by atoms with van der Waals surface area (Å²) in [6.07, 6.45) is 2.43. The Morgan fingerprint density at radius 1 is 0.833 bits per heavy atom. The first-order valence-electron chi connectivity index (χ1n) is 9.72. The molecule has 146 valence electrons. The number of phenols is 1. The van der Waals surface area contributed by atoms with Crippen molar-refractivity contribution in [1.82, 2.24) is 5.06 Å². The van der Waals surface area contributed by atoms with Gasteiger partial charge in [-0.15, -0.1) is 0 Å².